The van der Waals surface area contributed by atoms with Crippen LogP contribution in [0.15, 0.2) is 30.9 Å². The minimum atomic E-state index is -0.816. The third-order valence-electron chi connectivity index (χ3n) is 2.47. The van der Waals surface area contributed by atoms with Crippen LogP contribution in [0.1, 0.15) is 24.8 Å². The van der Waals surface area contributed by atoms with Crippen molar-refractivity contribution in [2.45, 2.75) is 31.7 Å². The van der Waals surface area contributed by atoms with Crippen LogP contribution >= 0.6 is 0 Å². The largest absolute Gasteiger partial charge is 0.327 e. The highest BCUT2D eigenvalue weighted by atomic mass is 19.2. The van der Waals surface area contributed by atoms with Crippen LogP contribution in [0.2, 0.25) is 0 Å². The van der Waals surface area contributed by atoms with Crippen LogP contribution in [0.5, 0.6) is 0 Å². The molecular weight excluding hydrogens is 208 g/mol. The fourth-order valence-corrected chi connectivity index (χ4v) is 1.60. The monoisotopic (exact) mass is 225 g/mol. The van der Waals surface area contributed by atoms with Gasteiger partial charge in [0.2, 0.25) is 0 Å². The molecule has 1 atom stereocenters. The van der Waals surface area contributed by atoms with Crippen LogP contribution < -0.4 is 5.73 Å². The van der Waals surface area contributed by atoms with Crippen molar-refractivity contribution in [3.05, 3.63) is 48.1 Å². The lowest BCUT2D eigenvalue weighted by Gasteiger charge is -2.10. The minimum Gasteiger partial charge on any atom is -0.327 e. The summed E-state index contributed by atoms with van der Waals surface area (Å²) in [6.07, 6.45) is 5.21. The molecule has 0 fully saturated rings. The zero-order valence-electron chi connectivity index (χ0n) is 9.26. The maximum atomic E-state index is 12.9. The van der Waals surface area contributed by atoms with Gasteiger partial charge in [0.05, 0.1) is 0 Å². The Morgan fingerprint density at radius 1 is 1.31 bits per heavy atom. The zero-order valence-corrected chi connectivity index (χ0v) is 9.26. The Morgan fingerprint density at radius 2 is 2.06 bits per heavy atom. The highest BCUT2D eigenvalue weighted by Gasteiger charge is 2.06. The standard InChI is InChI=1S/C13H17F2N/c1-2-3-4-5-11(16)8-10-6-7-12(14)13(15)9-10/h2,6-7,9,11H,1,3-5,8,16H2. The van der Waals surface area contributed by atoms with E-state index in [4.69, 9.17) is 5.73 Å². The molecule has 0 aliphatic rings. The van der Waals surface area contributed by atoms with Gasteiger partial charge in [-0.05, 0) is 43.4 Å². The first-order valence-corrected chi connectivity index (χ1v) is 5.44. The molecule has 16 heavy (non-hydrogen) atoms. The van der Waals surface area contributed by atoms with Crippen LogP contribution in [0.25, 0.3) is 0 Å². The molecule has 0 saturated heterocycles. The number of allylic oxidation sites excluding steroid dienone is 1. The van der Waals surface area contributed by atoms with Gasteiger partial charge < -0.3 is 5.73 Å². The summed E-state index contributed by atoms with van der Waals surface area (Å²) in [6.45, 7) is 3.63. The Hall–Kier alpha value is -1.22. The summed E-state index contributed by atoms with van der Waals surface area (Å²) >= 11 is 0. The van der Waals surface area contributed by atoms with Crippen LogP contribution in [-0.4, -0.2) is 6.04 Å². The van der Waals surface area contributed by atoms with E-state index in [1.54, 1.807) is 6.07 Å². The Morgan fingerprint density at radius 3 is 2.69 bits per heavy atom. The first-order valence-electron chi connectivity index (χ1n) is 5.44. The van der Waals surface area contributed by atoms with Gasteiger partial charge in [0.15, 0.2) is 11.6 Å². The van der Waals surface area contributed by atoms with Crippen LogP contribution in [0.3, 0.4) is 0 Å². The molecule has 0 radical (unpaired) electrons. The van der Waals surface area contributed by atoms with Crippen molar-refractivity contribution < 1.29 is 8.78 Å². The van der Waals surface area contributed by atoms with E-state index in [0.717, 1.165) is 30.9 Å². The molecule has 0 amide bonds. The molecule has 0 aliphatic carbocycles. The maximum absolute atomic E-state index is 12.9. The maximum Gasteiger partial charge on any atom is 0.159 e. The van der Waals surface area contributed by atoms with E-state index in [9.17, 15) is 8.78 Å². The number of hydrogen-bond donors (Lipinski definition) is 1. The zero-order chi connectivity index (χ0) is 12.0. The Labute approximate surface area is 95.0 Å². The van der Waals surface area contributed by atoms with Crippen LogP contribution in [0, 0.1) is 11.6 Å². The second-order valence-corrected chi connectivity index (χ2v) is 3.93. The summed E-state index contributed by atoms with van der Waals surface area (Å²) < 4.78 is 25.6. The van der Waals surface area contributed by atoms with E-state index < -0.39 is 11.6 Å². The third kappa shape index (κ3) is 4.11. The number of halogens is 2. The molecule has 1 rings (SSSR count). The molecule has 0 aliphatic heterocycles. The lowest BCUT2D eigenvalue weighted by Crippen LogP contribution is -2.22. The molecule has 88 valence electrons. The molecule has 0 spiro atoms. The topological polar surface area (TPSA) is 26.0 Å². The van der Waals surface area contributed by atoms with Gasteiger partial charge in [0, 0.05) is 6.04 Å². The SMILES string of the molecule is C=CCCCC(N)Cc1ccc(F)c(F)c1. The predicted octanol–water partition coefficient (Wildman–Crippen LogP) is 3.19. The lowest BCUT2D eigenvalue weighted by atomic mass is 10.0. The summed E-state index contributed by atoms with van der Waals surface area (Å²) in [5.41, 5.74) is 6.62. The number of rotatable bonds is 6. The first kappa shape index (κ1) is 12.8. The van der Waals surface area contributed by atoms with Crippen molar-refractivity contribution in [1.29, 1.82) is 0 Å². The summed E-state index contributed by atoms with van der Waals surface area (Å²) in [5, 5.41) is 0. The van der Waals surface area contributed by atoms with Crippen LogP contribution in [-0.2, 0) is 6.42 Å². The van der Waals surface area contributed by atoms with E-state index in [1.165, 1.54) is 6.07 Å². The van der Waals surface area contributed by atoms with Crippen molar-refractivity contribution in [3.8, 4) is 0 Å². The molecule has 1 aromatic carbocycles. The van der Waals surface area contributed by atoms with E-state index >= 15 is 0 Å². The number of nitrogens with two attached hydrogens (primary N) is 1. The second kappa shape index (κ2) is 6.38. The molecule has 2 N–H and O–H groups in total. The van der Waals surface area contributed by atoms with Crippen LogP contribution in [0.4, 0.5) is 8.78 Å². The highest BCUT2D eigenvalue weighted by Crippen LogP contribution is 2.12. The Kier molecular flexibility index (Phi) is 5.12. The summed E-state index contributed by atoms with van der Waals surface area (Å²) in [5.74, 6) is -1.63. The molecule has 1 aromatic rings. The summed E-state index contributed by atoms with van der Waals surface area (Å²) in [4.78, 5) is 0. The number of hydrogen-bond acceptors (Lipinski definition) is 1. The number of unbranched alkanes of at least 4 members (excludes halogenated alkanes) is 1. The summed E-state index contributed by atoms with van der Waals surface area (Å²) in [7, 11) is 0. The van der Waals surface area contributed by atoms with E-state index in [1.807, 2.05) is 6.08 Å². The normalized spacial score (nSPS) is 12.4. The van der Waals surface area contributed by atoms with Crippen molar-refractivity contribution in [2.24, 2.45) is 5.73 Å². The van der Waals surface area contributed by atoms with Crippen molar-refractivity contribution in [3.63, 3.8) is 0 Å². The van der Waals surface area contributed by atoms with Gasteiger partial charge in [0.25, 0.3) is 0 Å². The van der Waals surface area contributed by atoms with E-state index in [-0.39, 0.29) is 6.04 Å². The van der Waals surface area contributed by atoms with Gasteiger partial charge in [0.1, 0.15) is 0 Å². The lowest BCUT2D eigenvalue weighted by molar-refractivity contribution is 0.505. The Bertz CT molecular complexity index is 350. The highest BCUT2D eigenvalue weighted by molar-refractivity contribution is 5.18. The third-order valence-corrected chi connectivity index (χ3v) is 2.47. The average molecular weight is 225 g/mol. The first-order chi connectivity index (χ1) is 7.63. The van der Waals surface area contributed by atoms with E-state index in [0.29, 0.717) is 6.42 Å². The predicted molar refractivity (Wildman–Crippen MR) is 62.1 cm³/mol. The average Bonchev–Trinajstić information content (AvgIpc) is 2.24. The minimum absolute atomic E-state index is 0.00943. The quantitative estimate of drug-likeness (QED) is 0.584. The molecule has 0 aromatic heterocycles. The molecule has 0 saturated carbocycles. The smallest absolute Gasteiger partial charge is 0.159 e. The van der Waals surface area contributed by atoms with Gasteiger partial charge in [-0.15, -0.1) is 6.58 Å². The molecule has 1 unspecified atom stereocenters. The molecule has 0 bridgehead atoms. The summed E-state index contributed by atoms with van der Waals surface area (Å²) in [6, 6.07) is 3.92. The van der Waals surface area contributed by atoms with Gasteiger partial charge >= 0.3 is 0 Å². The fourth-order valence-electron chi connectivity index (χ4n) is 1.60. The van der Waals surface area contributed by atoms with Gasteiger partial charge in [-0.2, -0.15) is 0 Å². The van der Waals surface area contributed by atoms with Crippen molar-refractivity contribution >= 4 is 0 Å². The van der Waals surface area contributed by atoms with Gasteiger partial charge in [-0.1, -0.05) is 12.1 Å². The fraction of sp³-hybridized carbons (Fsp3) is 0.385. The molecule has 1 nitrogen and oxygen atoms in total. The molecule has 0 heterocycles. The second-order valence-electron chi connectivity index (χ2n) is 3.93. The van der Waals surface area contributed by atoms with Crippen molar-refractivity contribution in [1.82, 2.24) is 0 Å². The van der Waals surface area contributed by atoms with Gasteiger partial charge in [-0.3, -0.25) is 0 Å². The van der Waals surface area contributed by atoms with Gasteiger partial charge in [-0.25, -0.2) is 8.78 Å². The number of benzene rings is 1. The van der Waals surface area contributed by atoms with Crippen molar-refractivity contribution in [2.75, 3.05) is 0 Å². The molecular formula is C13H17F2N. The molecule has 3 heteroatoms. The Balaban J connectivity index is 2.46. The van der Waals surface area contributed by atoms with E-state index in [2.05, 4.69) is 6.58 Å².